The summed E-state index contributed by atoms with van der Waals surface area (Å²) in [6, 6.07) is 0. The summed E-state index contributed by atoms with van der Waals surface area (Å²) in [4.78, 5) is 0. The maximum atomic E-state index is 9.00. The third-order valence-electron chi connectivity index (χ3n) is 1.64. The highest BCUT2D eigenvalue weighted by Crippen LogP contribution is 2.25. The summed E-state index contributed by atoms with van der Waals surface area (Å²) in [6.07, 6.45) is 0.992. The van der Waals surface area contributed by atoms with Crippen molar-refractivity contribution < 1.29 is 5.11 Å². The summed E-state index contributed by atoms with van der Waals surface area (Å²) in [5.41, 5.74) is 2.72. The average molecular weight is 156 g/mol. The number of rotatable bonds is 2. The largest absolute Gasteiger partial charge is 0.392 e. The molecule has 0 saturated heterocycles. The number of hydrogen-bond donors (Lipinski definition) is 1. The lowest BCUT2D eigenvalue weighted by Gasteiger charge is -2.20. The Morgan fingerprint density at radius 2 is 1.64 bits per heavy atom. The van der Waals surface area contributed by atoms with Crippen LogP contribution in [0.2, 0.25) is 0 Å². The van der Waals surface area contributed by atoms with E-state index in [0.717, 1.165) is 6.42 Å². The fourth-order valence-corrected chi connectivity index (χ4v) is 1.03. The number of aliphatic hydroxyl groups is 1. The monoisotopic (exact) mass is 156 g/mol. The summed E-state index contributed by atoms with van der Waals surface area (Å²) >= 11 is 0. The van der Waals surface area contributed by atoms with Gasteiger partial charge in [0.1, 0.15) is 0 Å². The third kappa shape index (κ3) is 5.02. The van der Waals surface area contributed by atoms with E-state index in [1.165, 1.54) is 11.1 Å². The minimum Gasteiger partial charge on any atom is -0.392 e. The summed E-state index contributed by atoms with van der Waals surface area (Å²) < 4.78 is 0. The van der Waals surface area contributed by atoms with Gasteiger partial charge in [-0.15, -0.1) is 0 Å². The molecule has 0 heterocycles. The van der Waals surface area contributed by atoms with Gasteiger partial charge in [0.15, 0.2) is 0 Å². The highest BCUT2D eigenvalue weighted by molar-refractivity contribution is 5.11. The molecule has 0 unspecified atom stereocenters. The molecule has 0 rings (SSSR count). The Kier molecular flexibility index (Phi) is 3.81. The van der Waals surface area contributed by atoms with Crippen molar-refractivity contribution in [3.8, 4) is 0 Å². The van der Waals surface area contributed by atoms with Crippen LogP contribution in [0, 0.1) is 5.41 Å². The number of allylic oxidation sites excluding steroid dienone is 1. The lowest BCUT2D eigenvalue weighted by molar-refractivity contribution is 0.303. The molecule has 1 N–H and O–H groups in total. The van der Waals surface area contributed by atoms with Crippen molar-refractivity contribution >= 4 is 0 Å². The SMILES string of the molecule is CC(C)=C(CO)CC(C)(C)C. The molecule has 0 aromatic rings. The maximum Gasteiger partial charge on any atom is 0.0644 e. The van der Waals surface area contributed by atoms with E-state index in [1.54, 1.807) is 0 Å². The van der Waals surface area contributed by atoms with Crippen LogP contribution < -0.4 is 0 Å². The van der Waals surface area contributed by atoms with Crippen LogP contribution in [0.1, 0.15) is 41.0 Å². The molecule has 0 atom stereocenters. The second-order valence-electron chi connectivity index (χ2n) is 4.50. The van der Waals surface area contributed by atoms with E-state index in [-0.39, 0.29) is 12.0 Å². The molecule has 66 valence electrons. The average Bonchev–Trinajstić information content (AvgIpc) is 1.80. The smallest absolute Gasteiger partial charge is 0.0644 e. The highest BCUT2D eigenvalue weighted by atomic mass is 16.3. The van der Waals surface area contributed by atoms with Crippen LogP contribution in [0.5, 0.6) is 0 Å². The standard InChI is InChI=1S/C10H20O/c1-8(2)9(7-11)6-10(3,4)5/h11H,6-7H2,1-5H3. The molecule has 0 aromatic carbocycles. The van der Waals surface area contributed by atoms with E-state index >= 15 is 0 Å². The van der Waals surface area contributed by atoms with Gasteiger partial charge in [-0.1, -0.05) is 26.3 Å². The predicted octanol–water partition coefficient (Wildman–Crippen LogP) is 2.75. The van der Waals surface area contributed by atoms with E-state index in [4.69, 9.17) is 5.11 Å². The molecule has 1 heteroatoms. The first-order chi connectivity index (χ1) is 4.87. The Labute approximate surface area is 70.1 Å². The molecular weight excluding hydrogens is 136 g/mol. The van der Waals surface area contributed by atoms with Gasteiger partial charge in [0.2, 0.25) is 0 Å². The molecule has 0 amide bonds. The molecule has 0 aliphatic heterocycles. The molecule has 0 spiro atoms. The van der Waals surface area contributed by atoms with Gasteiger partial charge in [-0.3, -0.25) is 0 Å². The van der Waals surface area contributed by atoms with Gasteiger partial charge in [0.25, 0.3) is 0 Å². The van der Waals surface area contributed by atoms with Gasteiger partial charge < -0.3 is 5.11 Å². The zero-order chi connectivity index (χ0) is 9.07. The third-order valence-corrected chi connectivity index (χ3v) is 1.64. The predicted molar refractivity (Wildman–Crippen MR) is 49.5 cm³/mol. The van der Waals surface area contributed by atoms with Crippen molar-refractivity contribution in [2.45, 2.75) is 41.0 Å². The Morgan fingerprint density at radius 3 is 1.73 bits per heavy atom. The minimum absolute atomic E-state index is 0.208. The van der Waals surface area contributed by atoms with Crippen molar-refractivity contribution in [1.82, 2.24) is 0 Å². The lowest BCUT2D eigenvalue weighted by atomic mass is 9.87. The topological polar surface area (TPSA) is 20.2 Å². The molecule has 0 saturated carbocycles. The molecule has 0 aromatic heterocycles. The van der Waals surface area contributed by atoms with Gasteiger partial charge in [0, 0.05) is 0 Å². The van der Waals surface area contributed by atoms with Gasteiger partial charge in [-0.2, -0.15) is 0 Å². The Bertz CT molecular complexity index is 145. The molecule has 0 fully saturated rings. The highest BCUT2D eigenvalue weighted by Gasteiger charge is 2.12. The quantitative estimate of drug-likeness (QED) is 0.609. The van der Waals surface area contributed by atoms with Crippen molar-refractivity contribution in [3.63, 3.8) is 0 Å². The Hall–Kier alpha value is -0.300. The normalized spacial score (nSPS) is 11.5. The van der Waals surface area contributed by atoms with Crippen molar-refractivity contribution in [2.75, 3.05) is 6.61 Å². The first-order valence-corrected chi connectivity index (χ1v) is 4.13. The van der Waals surface area contributed by atoms with Crippen LogP contribution in [0.25, 0.3) is 0 Å². The van der Waals surface area contributed by atoms with Crippen molar-refractivity contribution in [1.29, 1.82) is 0 Å². The van der Waals surface area contributed by atoms with E-state index in [2.05, 4.69) is 34.6 Å². The fraction of sp³-hybridized carbons (Fsp3) is 0.800. The molecule has 0 bridgehead atoms. The molecule has 0 aliphatic rings. The number of hydrogen-bond acceptors (Lipinski definition) is 1. The zero-order valence-electron chi connectivity index (χ0n) is 8.36. The van der Waals surface area contributed by atoms with E-state index < -0.39 is 0 Å². The summed E-state index contributed by atoms with van der Waals surface area (Å²) in [5.74, 6) is 0. The zero-order valence-corrected chi connectivity index (χ0v) is 8.36. The Morgan fingerprint density at radius 1 is 1.18 bits per heavy atom. The van der Waals surface area contributed by atoms with Crippen LogP contribution in [-0.4, -0.2) is 11.7 Å². The van der Waals surface area contributed by atoms with Crippen molar-refractivity contribution in [3.05, 3.63) is 11.1 Å². The molecule has 0 aliphatic carbocycles. The maximum absolute atomic E-state index is 9.00. The van der Waals surface area contributed by atoms with Gasteiger partial charge in [0.05, 0.1) is 6.61 Å². The fourth-order valence-electron chi connectivity index (χ4n) is 1.03. The Balaban J connectivity index is 4.23. The second kappa shape index (κ2) is 3.91. The lowest BCUT2D eigenvalue weighted by Crippen LogP contribution is -2.09. The first-order valence-electron chi connectivity index (χ1n) is 4.13. The van der Waals surface area contributed by atoms with Crippen LogP contribution in [0.3, 0.4) is 0 Å². The summed E-state index contributed by atoms with van der Waals surface area (Å²) in [7, 11) is 0. The summed E-state index contributed by atoms with van der Waals surface area (Å²) in [5, 5.41) is 9.00. The van der Waals surface area contributed by atoms with Gasteiger partial charge in [-0.25, -0.2) is 0 Å². The number of aliphatic hydroxyl groups excluding tert-OH is 1. The first kappa shape index (κ1) is 10.7. The van der Waals surface area contributed by atoms with Crippen LogP contribution in [0.15, 0.2) is 11.1 Å². The summed E-state index contributed by atoms with van der Waals surface area (Å²) in [6.45, 7) is 10.9. The molecule has 0 radical (unpaired) electrons. The van der Waals surface area contributed by atoms with Crippen molar-refractivity contribution in [2.24, 2.45) is 5.41 Å². The van der Waals surface area contributed by atoms with Crippen LogP contribution in [0.4, 0.5) is 0 Å². The van der Waals surface area contributed by atoms with E-state index in [9.17, 15) is 0 Å². The molecular formula is C10H20O. The van der Waals surface area contributed by atoms with Gasteiger partial charge >= 0.3 is 0 Å². The van der Waals surface area contributed by atoms with E-state index in [0.29, 0.717) is 0 Å². The second-order valence-corrected chi connectivity index (χ2v) is 4.50. The molecule has 1 nitrogen and oxygen atoms in total. The van der Waals surface area contributed by atoms with Gasteiger partial charge in [-0.05, 0) is 31.3 Å². The minimum atomic E-state index is 0.208. The van der Waals surface area contributed by atoms with Crippen LogP contribution >= 0.6 is 0 Å². The van der Waals surface area contributed by atoms with E-state index in [1.807, 2.05) is 0 Å². The molecule has 11 heavy (non-hydrogen) atoms. The van der Waals surface area contributed by atoms with Crippen LogP contribution in [-0.2, 0) is 0 Å².